The van der Waals surface area contributed by atoms with E-state index >= 15 is 0 Å². The Morgan fingerprint density at radius 3 is 2.50 bits per heavy atom. The number of nitrogens with one attached hydrogen (secondary N) is 1. The highest BCUT2D eigenvalue weighted by atomic mass is 19.4. The normalized spacial score (nSPS) is 11.2. The summed E-state index contributed by atoms with van der Waals surface area (Å²) in [5.41, 5.74) is 0.672. The molecule has 2 aromatic rings. The molecule has 2 aromatic carbocycles. The van der Waals surface area contributed by atoms with Gasteiger partial charge in [0.2, 0.25) is 0 Å². The van der Waals surface area contributed by atoms with E-state index in [4.69, 9.17) is 5.11 Å². The van der Waals surface area contributed by atoms with Gasteiger partial charge in [-0.05, 0) is 42.3 Å². The van der Waals surface area contributed by atoms with Gasteiger partial charge >= 0.3 is 12.1 Å². The summed E-state index contributed by atoms with van der Waals surface area (Å²) in [7, 11) is 0. The van der Waals surface area contributed by atoms with Crippen LogP contribution in [0, 0.1) is 0 Å². The van der Waals surface area contributed by atoms with E-state index in [0.29, 0.717) is 18.7 Å². The first-order chi connectivity index (χ1) is 10.4. The smallest absolute Gasteiger partial charge is 0.416 e. The van der Waals surface area contributed by atoms with Crippen LogP contribution in [-0.2, 0) is 12.6 Å². The summed E-state index contributed by atoms with van der Waals surface area (Å²) >= 11 is 0. The molecule has 2 rings (SSSR count). The SMILES string of the molecule is O=C(O)c1cccc(CCNc2cccc(C(F)(F)F)c2)c1. The molecule has 2 N–H and O–H groups in total. The highest BCUT2D eigenvalue weighted by Crippen LogP contribution is 2.30. The van der Waals surface area contributed by atoms with Gasteiger partial charge in [0.05, 0.1) is 11.1 Å². The molecule has 0 aromatic heterocycles. The van der Waals surface area contributed by atoms with Crippen molar-refractivity contribution in [2.75, 3.05) is 11.9 Å². The van der Waals surface area contributed by atoms with Gasteiger partial charge in [0, 0.05) is 12.2 Å². The number of carboxylic acid groups (broad SMARTS) is 1. The second kappa shape index (κ2) is 6.51. The van der Waals surface area contributed by atoms with Crippen LogP contribution in [-0.4, -0.2) is 17.6 Å². The number of benzene rings is 2. The molecule has 0 aliphatic rings. The fraction of sp³-hybridized carbons (Fsp3) is 0.188. The van der Waals surface area contributed by atoms with Gasteiger partial charge in [0.25, 0.3) is 0 Å². The Labute approximate surface area is 125 Å². The second-order valence-corrected chi connectivity index (χ2v) is 4.76. The van der Waals surface area contributed by atoms with Gasteiger partial charge < -0.3 is 10.4 Å². The van der Waals surface area contributed by atoms with E-state index in [-0.39, 0.29) is 5.56 Å². The van der Waals surface area contributed by atoms with Gasteiger partial charge in [-0.25, -0.2) is 4.79 Å². The van der Waals surface area contributed by atoms with E-state index in [2.05, 4.69) is 5.32 Å². The van der Waals surface area contributed by atoms with E-state index in [9.17, 15) is 18.0 Å². The van der Waals surface area contributed by atoms with Crippen LogP contribution in [0.2, 0.25) is 0 Å². The molecule has 0 aliphatic heterocycles. The molecule has 0 heterocycles. The molecule has 0 amide bonds. The molecule has 6 heteroatoms. The van der Waals surface area contributed by atoms with Crippen LogP contribution in [0.25, 0.3) is 0 Å². The van der Waals surface area contributed by atoms with Crippen LogP contribution in [0.4, 0.5) is 18.9 Å². The molecular formula is C16H14F3NO2. The minimum absolute atomic E-state index is 0.191. The van der Waals surface area contributed by atoms with Gasteiger partial charge in [-0.15, -0.1) is 0 Å². The number of aromatic carboxylic acids is 1. The van der Waals surface area contributed by atoms with Crippen LogP contribution in [0.3, 0.4) is 0 Å². The molecule has 0 aliphatic carbocycles. The summed E-state index contributed by atoms with van der Waals surface area (Å²) in [5.74, 6) is -1.01. The average molecular weight is 309 g/mol. The number of hydrogen-bond donors (Lipinski definition) is 2. The lowest BCUT2D eigenvalue weighted by Crippen LogP contribution is -2.08. The van der Waals surface area contributed by atoms with Crippen molar-refractivity contribution in [3.8, 4) is 0 Å². The lowest BCUT2D eigenvalue weighted by Gasteiger charge is -2.10. The molecule has 0 unspecified atom stereocenters. The van der Waals surface area contributed by atoms with Gasteiger partial charge in [-0.3, -0.25) is 0 Å². The highest BCUT2D eigenvalue weighted by molar-refractivity contribution is 5.87. The van der Waals surface area contributed by atoms with Crippen molar-refractivity contribution in [3.05, 3.63) is 65.2 Å². The summed E-state index contributed by atoms with van der Waals surface area (Å²) < 4.78 is 37.8. The van der Waals surface area contributed by atoms with E-state index < -0.39 is 17.7 Å². The lowest BCUT2D eigenvalue weighted by molar-refractivity contribution is -0.137. The fourth-order valence-electron chi connectivity index (χ4n) is 2.02. The van der Waals surface area contributed by atoms with Crippen LogP contribution in [0.15, 0.2) is 48.5 Å². The predicted octanol–water partition coefficient (Wildman–Crippen LogP) is 4.06. The maximum absolute atomic E-state index is 12.6. The molecule has 22 heavy (non-hydrogen) atoms. The molecule has 0 saturated carbocycles. The molecule has 0 fully saturated rings. The minimum atomic E-state index is -4.37. The average Bonchev–Trinajstić information content (AvgIpc) is 2.47. The van der Waals surface area contributed by atoms with Gasteiger partial charge in [-0.1, -0.05) is 18.2 Å². The van der Waals surface area contributed by atoms with Crippen molar-refractivity contribution < 1.29 is 23.1 Å². The molecule has 0 saturated heterocycles. The summed E-state index contributed by atoms with van der Waals surface area (Å²) in [4.78, 5) is 10.9. The standard InChI is InChI=1S/C16H14F3NO2/c17-16(18,19)13-5-2-6-14(10-13)20-8-7-11-3-1-4-12(9-11)15(21)22/h1-6,9-10,20H,7-8H2,(H,21,22). The zero-order valence-electron chi connectivity index (χ0n) is 11.5. The van der Waals surface area contributed by atoms with E-state index in [1.54, 1.807) is 24.3 Å². The van der Waals surface area contributed by atoms with Crippen molar-refractivity contribution in [3.63, 3.8) is 0 Å². The third-order valence-electron chi connectivity index (χ3n) is 3.11. The van der Waals surface area contributed by atoms with Crippen LogP contribution < -0.4 is 5.32 Å². The highest BCUT2D eigenvalue weighted by Gasteiger charge is 2.30. The molecule has 0 spiro atoms. The Balaban J connectivity index is 1.97. The Hall–Kier alpha value is -2.50. The molecule has 0 bridgehead atoms. The van der Waals surface area contributed by atoms with E-state index in [0.717, 1.165) is 17.7 Å². The number of halogens is 3. The zero-order valence-corrected chi connectivity index (χ0v) is 11.5. The van der Waals surface area contributed by atoms with Crippen LogP contribution in [0.1, 0.15) is 21.5 Å². The first-order valence-corrected chi connectivity index (χ1v) is 6.59. The first-order valence-electron chi connectivity index (χ1n) is 6.59. The second-order valence-electron chi connectivity index (χ2n) is 4.76. The Bertz CT molecular complexity index is 668. The summed E-state index contributed by atoms with van der Waals surface area (Å²) in [6, 6.07) is 11.4. The Kier molecular flexibility index (Phi) is 4.70. The maximum atomic E-state index is 12.6. The number of anilines is 1. The van der Waals surface area contributed by atoms with Crippen LogP contribution in [0.5, 0.6) is 0 Å². The summed E-state index contributed by atoms with van der Waals surface area (Å²) in [5, 5.41) is 11.8. The van der Waals surface area contributed by atoms with Gasteiger partial charge in [-0.2, -0.15) is 13.2 Å². The van der Waals surface area contributed by atoms with Crippen molar-refractivity contribution >= 4 is 11.7 Å². The summed E-state index contributed by atoms with van der Waals surface area (Å²) in [6.45, 7) is 0.407. The minimum Gasteiger partial charge on any atom is -0.478 e. The fourth-order valence-corrected chi connectivity index (χ4v) is 2.02. The quantitative estimate of drug-likeness (QED) is 0.875. The van der Waals surface area contributed by atoms with Crippen molar-refractivity contribution in [2.24, 2.45) is 0 Å². The number of hydrogen-bond acceptors (Lipinski definition) is 2. The molecule has 3 nitrogen and oxygen atoms in total. The van der Waals surface area contributed by atoms with Gasteiger partial charge in [0.15, 0.2) is 0 Å². The van der Waals surface area contributed by atoms with Crippen molar-refractivity contribution in [1.29, 1.82) is 0 Å². The van der Waals surface area contributed by atoms with E-state index in [1.165, 1.54) is 12.1 Å². The third kappa shape index (κ3) is 4.25. The molecule has 0 atom stereocenters. The van der Waals surface area contributed by atoms with Gasteiger partial charge in [0.1, 0.15) is 0 Å². The molecule has 0 radical (unpaired) electrons. The van der Waals surface area contributed by atoms with Crippen LogP contribution >= 0.6 is 0 Å². The van der Waals surface area contributed by atoms with Crippen molar-refractivity contribution in [2.45, 2.75) is 12.6 Å². The van der Waals surface area contributed by atoms with Crippen molar-refractivity contribution in [1.82, 2.24) is 0 Å². The number of rotatable bonds is 5. The number of carbonyl (C=O) groups is 1. The summed E-state index contributed by atoms with van der Waals surface area (Å²) in [6.07, 6.45) is -3.86. The topological polar surface area (TPSA) is 49.3 Å². The molecule has 116 valence electrons. The van der Waals surface area contributed by atoms with E-state index in [1.807, 2.05) is 0 Å². The third-order valence-corrected chi connectivity index (χ3v) is 3.11. The Morgan fingerprint density at radius 1 is 1.09 bits per heavy atom. The zero-order chi connectivity index (χ0) is 16.2. The first kappa shape index (κ1) is 15.9. The largest absolute Gasteiger partial charge is 0.478 e. The Morgan fingerprint density at radius 2 is 1.82 bits per heavy atom. The lowest BCUT2D eigenvalue weighted by atomic mass is 10.1. The number of alkyl halides is 3. The molecular weight excluding hydrogens is 295 g/mol. The predicted molar refractivity (Wildman–Crippen MR) is 77.0 cm³/mol. The maximum Gasteiger partial charge on any atom is 0.416 e. The number of carboxylic acids is 1. The monoisotopic (exact) mass is 309 g/mol.